The molecule has 1 amide bonds. The fraction of sp³-hybridized carbons (Fsp3) is 0.750. The fourth-order valence-electron chi connectivity index (χ4n) is 2.90. The minimum atomic E-state index is -0.460. The van der Waals surface area contributed by atoms with E-state index >= 15 is 0 Å². The van der Waals surface area contributed by atoms with Crippen molar-refractivity contribution in [1.29, 1.82) is 0 Å². The molecule has 1 saturated carbocycles. The lowest BCUT2D eigenvalue weighted by Crippen LogP contribution is -2.47. The average Bonchev–Trinajstić information content (AvgIpc) is 2.91. The third-order valence-electron chi connectivity index (χ3n) is 3.89. The van der Waals surface area contributed by atoms with Crippen LogP contribution in [0.4, 0.5) is 4.79 Å². The minimum absolute atomic E-state index is 0.131. The molecule has 2 N–H and O–H groups in total. The van der Waals surface area contributed by atoms with Gasteiger partial charge in [0.1, 0.15) is 5.60 Å². The normalized spacial score (nSPS) is 21.9. The maximum Gasteiger partial charge on any atom is 0.407 e. The smallest absolute Gasteiger partial charge is 0.407 e. The van der Waals surface area contributed by atoms with E-state index in [0.717, 1.165) is 31.5 Å². The van der Waals surface area contributed by atoms with Gasteiger partial charge in [-0.3, -0.25) is 4.68 Å². The molecule has 0 spiro atoms. The van der Waals surface area contributed by atoms with Crippen molar-refractivity contribution in [3.63, 3.8) is 0 Å². The van der Waals surface area contributed by atoms with Gasteiger partial charge >= 0.3 is 6.09 Å². The number of rotatable bonds is 4. The zero-order chi connectivity index (χ0) is 16.3. The lowest BCUT2D eigenvalue weighted by Gasteiger charge is -2.25. The quantitative estimate of drug-likeness (QED) is 0.895. The first kappa shape index (κ1) is 16.8. The highest BCUT2D eigenvalue weighted by molar-refractivity contribution is 5.68. The summed E-state index contributed by atoms with van der Waals surface area (Å²) in [4.78, 5) is 11.9. The van der Waals surface area contributed by atoms with E-state index in [4.69, 9.17) is 4.74 Å². The van der Waals surface area contributed by atoms with Gasteiger partial charge in [-0.1, -0.05) is 0 Å². The second kappa shape index (κ2) is 6.69. The first-order valence-electron chi connectivity index (χ1n) is 7.96. The van der Waals surface area contributed by atoms with Crippen molar-refractivity contribution in [2.75, 3.05) is 0 Å². The summed E-state index contributed by atoms with van der Waals surface area (Å²) in [7, 11) is 1.93. The van der Waals surface area contributed by atoms with Gasteiger partial charge in [0.25, 0.3) is 0 Å². The first-order valence-corrected chi connectivity index (χ1v) is 7.96. The van der Waals surface area contributed by atoms with Gasteiger partial charge in [-0.2, -0.15) is 5.10 Å². The van der Waals surface area contributed by atoms with E-state index in [9.17, 15) is 4.79 Å². The first-order chi connectivity index (χ1) is 10.2. The Bertz CT molecular complexity index is 519. The number of ether oxygens (including phenoxy) is 1. The molecule has 22 heavy (non-hydrogen) atoms. The number of aromatic nitrogens is 2. The topological polar surface area (TPSA) is 68.2 Å². The van der Waals surface area contributed by atoms with Crippen LogP contribution in [0.25, 0.3) is 0 Å². The standard InChI is InChI=1S/C16H28N4O2/c1-11-12(10-20(5)19-11)9-17-13-7-6-8-14(13)18-15(21)22-16(2,3)4/h10,13-14,17H,6-9H2,1-5H3,(H,18,21). The van der Waals surface area contributed by atoms with Crippen molar-refractivity contribution in [3.8, 4) is 0 Å². The molecule has 1 fully saturated rings. The molecule has 1 heterocycles. The molecular formula is C16H28N4O2. The van der Waals surface area contributed by atoms with Crippen molar-refractivity contribution in [1.82, 2.24) is 20.4 Å². The van der Waals surface area contributed by atoms with E-state index in [1.807, 2.05) is 45.6 Å². The number of hydrogen-bond donors (Lipinski definition) is 2. The van der Waals surface area contributed by atoms with Crippen molar-refractivity contribution < 1.29 is 9.53 Å². The zero-order valence-corrected chi connectivity index (χ0v) is 14.3. The Balaban J connectivity index is 1.85. The number of alkyl carbamates (subject to hydrolysis) is 1. The predicted octanol–water partition coefficient (Wildman–Crippen LogP) is 2.26. The number of amides is 1. The molecule has 124 valence electrons. The molecule has 0 saturated heterocycles. The van der Waals surface area contributed by atoms with Gasteiger partial charge in [0.05, 0.1) is 5.69 Å². The number of carbonyl (C=O) groups excluding carboxylic acids is 1. The maximum absolute atomic E-state index is 11.9. The Kier molecular flexibility index (Phi) is 5.11. The van der Waals surface area contributed by atoms with Gasteiger partial charge in [-0.15, -0.1) is 0 Å². The highest BCUT2D eigenvalue weighted by Crippen LogP contribution is 2.20. The molecule has 2 unspecified atom stereocenters. The number of nitrogens with zero attached hydrogens (tertiary/aromatic N) is 2. The summed E-state index contributed by atoms with van der Waals surface area (Å²) in [5.41, 5.74) is 1.79. The highest BCUT2D eigenvalue weighted by Gasteiger charge is 2.29. The van der Waals surface area contributed by atoms with Gasteiger partial charge < -0.3 is 15.4 Å². The summed E-state index contributed by atoms with van der Waals surface area (Å²) in [6, 6.07) is 0.416. The lowest BCUT2D eigenvalue weighted by molar-refractivity contribution is 0.0498. The third-order valence-corrected chi connectivity index (χ3v) is 3.89. The lowest BCUT2D eigenvalue weighted by atomic mass is 10.1. The molecule has 1 aliphatic rings. The maximum atomic E-state index is 11.9. The summed E-state index contributed by atoms with van der Waals surface area (Å²) in [5.74, 6) is 0. The second-order valence-corrected chi connectivity index (χ2v) is 7.08. The van der Waals surface area contributed by atoms with Crippen molar-refractivity contribution in [2.45, 2.75) is 71.2 Å². The van der Waals surface area contributed by atoms with E-state index < -0.39 is 5.60 Å². The Morgan fingerprint density at radius 1 is 1.41 bits per heavy atom. The molecule has 1 aliphatic carbocycles. The minimum Gasteiger partial charge on any atom is -0.444 e. The molecule has 0 aromatic carbocycles. The molecule has 1 aromatic rings. The molecule has 0 bridgehead atoms. The van der Waals surface area contributed by atoms with Crippen LogP contribution in [0.15, 0.2) is 6.20 Å². The van der Waals surface area contributed by atoms with Crippen molar-refractivity contribution >= 4 is 6.09 Å². The summed E-state index contributed by atoms with van der Waals surface area (Å²) in [6.07, 6.45) is 4.88. The average molecular weight is 308 g/mol. The summed E-state index contributed by atoms with van der Waals surface area (Å²) >= 11 is 0. The fourth-order valence-corrected chi connectivity index (χ4v) is 2.90. The summed E-state index contributed by atoms with van der Waals surface area (Å²) in [5, 5.41) is 10.9. The largest absolute Gasteiger partial charge is 0.444 e. The van der Waals surface area contributed by atoms with Crippen LogP contribution < -0.4 is 10.6 Å². The third kappa shape index (κ3) is 4.73. The van der Waals surface area contributed by atoms with Gasteiger partial charge in [-0.05, 0) is 47.0 Å². The van der Waals surface area contributed by atoms with Crippen LogP contribution in [0.3, 0.4) is 0 Å². The van der Waals surface area contributed by atoms with Crippen LogP contribution in [0.2, 0.25) is 0 Å². The van der Waals surface area contributed by atoms with Crippen LogP contribution in [0.1, 0.15) is 51.3 Å². The van der Waals surface area contributed by atoms with Crippen molar-refractivity contribution in [3.05, 3.63) is 17.5 Å². The van der Waals surface area contributed by atoms with Crippen LogP contribution in [-0.4, -0.2) is 33.6 Å². The summed E-state index contributed by atoms with van der Waals surface area (Å²) < 4.78 is 7.17. The molecular weight excluding hydrogens is 280 g/mol. The van der Waals surface area contributed by atoms with Gasteiger partial charge in [0.15, 0.2) is 0 Å². The molecule has 0 aliphatic heterocycles. The Morgan fingerprint density at radius 2 is 2.09 bits per heavy atom. The molecule has 6 heteroatoms. The SMILES string of the molecule is Cc1nn(C)cc1CNC1CCCC1NC(=O)OC(C)(C)C. The zero-order valence-electron chi connectivity index (χ0n) is 14.3. The van der Waals surface area contributed by atoms with Gasteiger partial charge in [-0.25, -0.2) is 4.79 Å². The summed E-state index contributed by atoms with van der Waals surface area (Å²) in [6.45, 7) is 8.42. The Labute approximate surface area is 132 Å². The number of carbonyl (C=O) groups is 1. The van der Waals surface area contributed by atoms with E-state index in [0.29, 0.717) is 0 Å². The van der Waals surface area contributed by atoms with E-state index in [2.05, 4.69) is 15.7 Å². The van der Waals surface area contributed by atoms with Gasteiger partial charge in [0.2, 0.25) is 0 Å². The number of aryl methyl sites for hydroxylation is 2. The second-order valence-electron chi connectivity index (χ2n) is 7.08. The molecule has 0 radical (unpaired) electrons. The van der Waals surface area contributed by atoms with Crippen LogP contribution in [-0.2, 0) is 18.3 Å². The van der Waals surface area contributed by atoms with E-state index in [1.54, 1.807) is 0 Å². The molecule has 2 rings (SSSR count). The van der Waals surface area contributed by atoms with Crippen LogP contribution >= 0.6 is 0 Å². The Morgan fingerprint density at radius 3 is 2.68 bits per heavy atom. The van der Waals surface area contributed by atoms with Crippen LogP contribution in [0, 0.1) is 6.92 Å². The van der Waals surface area contributed by atoms with Crippen LogP contribution in [0.5, 0.6) is 0 Å². The number of nitrogens with one attached hydrogen (secondary N) is 2. The van der Waals surface area contributed by atoms with E-state index in [1.165, 1.54) is 5.56 Å². The molecule has 1 aromatic heterocycles. The molecule has 6 nitrogen and oxygen atoms in total. The monoisotopic (exact) mass is 308 g/mol. The number of hydrogen-bond acceptors (Lipinski definition) is 4. The van der Waals surface area contributed by atoms with E-state index in [-0.39, 0.29) is 18.2 Å². The predicted molar refractivity (Wildman–Crippen MR) is 85.6 cm³/mol. The Hall–Kier alpha value is -1.56. The highest BCUT2D eigenvalue weighted by atomic mass is 16.6. The van der Waals surface area contributed by atoms with Gasteiger partial charge in [0, 0.05) is 37.4 Å². The van der Waals surface area contributed by atoms with Crippen molar-refractivity contribution in [2.24, 2.45) is 7.05 Å². The molecule has 2 atom stereocenters.